The van der Waals surface area contributed by atoms with Crippen molar-refractivity contribution in [3.63, 3.8) is 0 Å². The number of carbonyl (C=O) groups is 1. The molecule has 2 aromatic carbocycles. The number of carboxylic acids is 1. The highest BCUT2D eigenvalue weighted by molar-refractivity contribution is 5.97. The third-order valence-electron chi connectivity index (χ3n) is 3.57. The topological polar surface area (TPSA) is 66.8 Å². The lowest BCUT2D eigenvalue weighted by Gasteiger charge is -2.11. The molecule has 2 aromatic rings. The van der Waals surface area contributed by atoms with Crippen LogP contribution in [0.3, 0.4) is 0 Å². The molecule has 0 saturated heterocycles. The fourth-order valence-corrected chi connectivity index (χ4v) is 2.33. The summed E-state index contributed by atoms with van der Waals surface area (Å²) in [6.45, 7) is 4.36. The molecular weight excluding hydrogens is 316 g/mol. The smallest absolute Gasteiger partial charge is 0.340 e. The summed E-state index contributed by atoms with van der Waals surface area (Å²) in [5.74, 6) is -1.36. The maximum Gasteiger partial charge on any atom is 0.340 e. The average Bonchev–Trinajstić information content (AvgIpc) is 2.58. The van der Waals surface area contributed by atoms with Crippen molar-refractivity contribution in [2.24, 2.45) is 0 Å². The Morgan fingerprint density at radius 3 is 2.44 bits per heavy atom. The van der Waals surface area contributed by atoms with Crippen molar-refractivity contribution in [3.8, 4) is 11.5 Å². The number of hydrogen-bond donors (Lipinski definition) is 2. The van der Waals surface area contributed by atoms with Gasteiger partial charge in [0.05, 0.1) is 6.61 Å². The Kier molecular flexibility index (Phi) is 6.40. The first kappa shape index (κ1) is 18.3. The van der Waals surface area contributed by atoms with Gasteiger partial charge in [0.2, 0.25) is 0 Å². The predicted octanol–water partition coefficient (Wildman–Crippen LogP) is 5.00. The van der Waals surface area contributed by atoms with Gasteiger partial charge in [-0.2, -0.15) is 0 Å². The molecule has 0 bridgehead atoms. The first-order valence-electron chi connectivity index (χ1n) is 8.07. The van der Waals surface area contributed by atoms with Gasteiger partial charge >= 0.3 is 5.97 Å². The summed E-state index contributed by atoms with van der Waals surface area (Å²) >= 11 is 0. The van der Waals surface area contributed by atoms with Crippen molar-refractivity contribution in [2.45, 2.75) is 20.3 Å². The molecule has 4 nitrogen and oxygen atoms in total. The number of aromatic hydroxyl groups is 1. The fourth-order valence-electron chi connectivity index (χ4n) is 2.33. The van der Waals surface area contributed by atoms with Gasteiger partial charge in [-0.3, -0.25) is 0 Å². The Labute approximate surface area is 147 Å². The molecule has 0 aromatic heterocycles. The molecule has 0 saturated carbocycles. The Bertz CT molecular complexity index is 785. The van der Waals surface area contributed by atoms with Crippen LogP contribution in [0, 0.1) is 0 Å². The van der Waals surface area contributed by atoms with Crippen LogP contribution in [-0.2, 0) is 0 Å². The molecule has 0 aliphatic heterocycles. The minimum absolute atomic E-state index is 0.160. The van der Waals surface area contributed by atoms with E-state index in [9.17, 15) is 15.0 Å². The van der Waals surface area contributed by atoms with E-state index in [0.29, 0.717) is 18.6 Å². The van der Waals surface area contributed by atoms with E-state index in [4.69, 9.17) is 4.74 Å². The second-order valence-corrected chi connectivity index (χ2v) is 5.84. The molecule has 0 radical (unpaired) electrons. The number of rotatable bonds is 7. The molecule has 0 spiro atoms. The van der Waals surface area contributed by atoms with E-state index in [-0.39, 0.29) is 17.1 Å². The second-order valence-electron chi connectivity index (χ2n) is 5.84. The molecule has 0 atom stereocenters. The zero-order chi connectivity index (χ0) is 18.2. The van der Waals surface area contributed by atoms with Crippen molar-refractivity contribution in [2.75, 3.05) is 6.61 Å². The number of allylic oxidation sites excluding steroid dienone is 1. The largest absolute Gasteiger partial charge is 0.504 e. The highest BCUT2D eigenvalue weighted by Crippen LogP contribution is 2.33. The van der Waals surface area contributed by atoms with Crippen LogP contribution in [0.5, 0.6) is 11.5 Å². The third-order valence-corrected chi connectivity index (χ3v) is 3.57. The normalized spacial score (nSPS) is 10.6. The molecule has 25 heavy (non-hydrogen) atoms. The van der Waals surface area contributed by atoms with Gasteiger partial charge < -0.3 is 14.9 Å². The summed E-state index contributed by atoms with van der Waals surface area (Å²) in [6, 6.07) is 12.8. The molecule has 0 aliphatic rings. The van der Waals surface area contributed by atoms with Gasteiger partial charge in [-0.15, -0.1) is 0 Å². The zero-order valence-electron chi connectivity index (χ0n) is 14.4. The Morgan fingerprint density at radius 2 is 1.80 bits per heavy atom. The van der Waals surface area contributed by atoms with Crippen LogP contribution in [0.1, 0.15) is 41.8 Å². The number of benzene rings is 2. The van der Waals surface area contributed by atoms with E-state index in [0.717, 1.165) is 5.56 Å². The quantitative estimate of drug-likeness (QED) is 0.424. The summed E-state index contributed by atoms with van der Waals surface area (Å²) in [5.41, 5.74) is 2.39. The van der Waals surface area contributed by atoms with Crippen LogP contribution in [0.4, 0.5) is 0 Å². The second kappa shape index (κ2) is 8.73. The molecule has 4 heteroatoms. The molecule has 0 heterocycles. The number of phenols is 1. The van der Waals surface area contributed by atoms with E-state index in [1.54, 1.807) is 24.3 Å². The van der Waals surface area contributed by atoms with E-state index >= 15 is 0 Å². The molecule has 0 unspecified atom stereocenters. The maximum absolute atomic E-state index is 11.6. The number of aromatic carboxylic acids is 1. The van der Waals surface area contributed by atoms with Gasteiger partial charge in [0.1, 0.15) is 5.56 Å². The van der Waals surface area contributed by atoms with Gasteiger partial charge in [0.15, 0.2) is 11.5 Å². The van der Waals surface area contributed by atoms with Crippen molar-refractivity contribution in [1.29, 1.82) is 0 Å². The van der Waals surface area contributed by atoms with Crippen molar-refractivity contribution >= 4 is 18.1 Å². The van der Waals surface area contributed by atoms with E-state index in [1.165, 1.54) is 5.57 Å². The number of carboxylic acid groups (broad SMARTS) is 1. The molecule has 0 aliphatic carbocycles. The summed E-state index contributed by atoms with van der Waals surface area (Å²) < 4.78 is 5.51. The highest BCUT2D eigenvalue weighted by Gasteiger charge is 2.18. The van der Waals surface area contributed by atoms with Crippen LogP contribution in [0.2, 0.25) is 0 Å². The average molecular weight is 338 g/mol. The van der Waals surface area contributed by atoms with Gasteiger partial charge in [0, 0.05) is 0 Å². The van der Waals surface area contributed by atoms with E-state index in [2.05, 4.69) is 0 Å². The zero-order valence-corrected chi connectivity index (χ0v) is 14.4. The minimum Gasteiger partial charge on any atom is -0.504 e. The van der Waals surface area contributed by atoms with Crippen molar-refractivity contribution in [3.05, 3.63) is 70.8 Å². The monoisotopic (exact) mass is 338 g/mol. The molecule has 2 rings (SSSR count). The molecular formula is C21H22O4. The van der Waals surface area contributed by atoms with E-state index in [1.807, 2.05) is 50.3 Å². The first-order valence-corrected chi connectivity index (χ1v) is 8.07. The summed E-state index contributed by atoms with van der Waals surface area (Å²) in [7, 11) is 0. The molecule has 0 fully saturated rings. The molecule has 0 amide bonds. The van der Waals surface area contributed by atoms with Crippen LogP contribution < -0.4 is 4.74 Å². The van der Waals surface area contributed by atoms with E-state index < -0.39 is 5.97 Å². The lowest BCUT2D eigenvalue weighted by Crippen LogP contribution is -2.03. The number of ether oxygens (including phenoxy) is 1. The summed E-state index contributed by atoms with van der Waals surface area (Å²) in [5, 5.41) is 19.7. The van der Waals surface area contributed by atoms with Crippen LogP contribution in [0.25, 0.3) is 12.2 Å². The van der Waals surface area contributed by atoms with Crippen molar-refractivity contribution in [1.82, 2.24) is 0 Å². The van der Waals surface area contributed by atoms with Crippen LogP contribution in [-0.4, -0.2) is 22.8 Å². The summed E-state index contributed by atoms with van der Waals surface area (Å²) in [4.78, 5) is 11.6. The maximum atomic E-state index is 11.6. The Balaban J connectivity index is 2.24. The summed E-state index contributed by atoms with van der Waals surface area (Å²) in [6.07, 6.45) is 6.19. The first-order chi connectivity index (χ1) is 12.0. The third kappa shape index (κ3) is 5.24. The van der Waals surface area contributed by atoms with Gasteiger partial charge in [0.25, 0.3) is 0 Å². The highest BCUT2D eigenvalue weighted by atomic mass is 16.5. The molecule has 130 valence electrons. The predicted molar refractivity (Wildman–Crippen MR) is 100.0 cm³/mol. The lowest BCUT2D eigenvalue weighted by atomic mass is 10.0. The standard InChI is InChI=1S/C21H22O4/c1-15(2)7-6-14-25-18-13-12-17(19(20(18)22)21(23)24)11-10-16-8-4-3-5-9-16/h3-5,7-13,22H,6,14H2,1-2H3,(H,23,24). The Hall–Kier alpha value is -3.01. The van der Waals surface area contributed by atoms with Gasteiger partial charge in [-0.25, -0.2) is 4.79 Å². The lowest BCUT2D eigenvalue weighted by molar-refractivity contribution is 0.0692. The van der Waals surface area contributed by atoms with Crippen LogP contribution in [0.15, 0.2) is 54.1 Å². The number of hydrogen-bond acceptors (Lipinski definition) is 3. The fraction of sp³-hybridized carbons (Fsp3) is 0.190. The molecule has 2 N–H and O–H groups in total. The minimum atomic E-state index is -1.19. The van der Waals surface area contributed by atoms with Gasteiger partial charge in [-0.1, -0.05) is 60.2 Å². The van der Waals surface area contributed by atoms with Crippen molar-refractivity contribution < 1.29 is 19.7 Å². The Morgan fingerprint density at radius 1 is 1.08 bits per heavy atom. The SMILES string of the molecule is CC(C)=CCCOc1ccc(C=Cc2ccccc2)c(C(=O)O)c1O. The van der Waals surface area contributed by atoms with Gasteiger partial charge in [-0.05, 0) is 37.5 Å². The van der Waals surface area contributed by atoms with Crippen LogP contribution >= 0.6 is 0 Å².